The number of rotatable bonds is 5. The molecule has 5 heteroatoms. The predicted molar refractivity (Wildman–Crippen MR) is 75.8 cm³/mol. The highest BCUT2D eigenvalue weighted by Crippen LogP contribution is 2.26. The van der Waals surface area contributed by atoms with E-state index in [-0.39, 0.29) is 0 Å². The minimum atomic E-state index is 0.795. The molecule has 0 aliphatic carbocycles. The molecular weight excluding hydrogens is 246 g/mol. The van der Waals surface area contributed by atoms with Crippen LogP contribution in [0.4, 0.5) is 5.13 Å². The molecule has 2 heterocycles. The van der Waals surface area contributed by atoms with Crippen LogP contribution in [0.1, 0.15) is 35.6 Å². The van der Waals surface area contributed by atoms with Crippen LogP contribution in [-0.2, 0) is 6.42 Å². The number of anilines is 1. The van der Waals surface area contributed by atoms with E-state index >= 15 is 0 Å². The molecule has 1 aliphatic rings. The number of hydrogen-bond donors (Lipinski definition) is 0. The molecule has 0 N–H and O–H groups in total. The standard InChI is InChI=1S/C13H21N3OS/c1-3-5-15-6-8-16(9-7-15)13-14-11(4-2)12(10-17)18-13/h10H,3-9H2,1-2H3. The molecule has 2 rings (SSSR count). The zero-order valence-corrected chi connectivity index (χ0v) is 12.0. The molecule has 1 fully saturated rings. The Kier molecular flexibility index (Phi) is 4.72. The first kappa shape index (κ1) is 13.5. The molecule has 4 nitrogen and oxygen atoms in total. The molecule has 0 bridgehead atoms. The van der Waals surface area contributed by atoms with Crippen LogP contribution in [0, 0.1) is 0 Å². The number of aromatic nitrogens is 1. The van der Waals surface area contributed by atoms with Crippen LogP contribution in [0.2, 0.25) is 0 Å². The van der Waals surface area contributed by atoms with Gasteiger partial charge in [-0.2, -0.15) is 0 Å². The van der Waals surface area contributed by atoms with Crippen LogP contribution in [0.3, 0.4) is 0 Å². The largest absolute Gasteiger partial charge is 0.346 e. The molecule has 0 saturated carbocycles. The highest BCUT2D eigenvalue weighted by Gasteiger charge is 2.20. The van der Waals surface area contributed by atoms with Gasteiger partial charge in [-0.15, -0.1) is 0 Å². The fourth-order valence-corrected chi connectivity index (χ4v) is 3.33. The molecule has 0 radical (unpaired) electrons. The molecule has 1 aromatic rings. The van der Waals surface area contributed by atoms with Gasteiger partial charge in [0.15, 0.2) is 11.4 Å². The van der Waals surface area contributed by atoms with Crippen molar-refractivity contribution in [1.29, 1.82) is 0 Å². The fraction of sp³-hybridized carbons (Fsp3) is 0.692. The summed E-state index contributed by atoms with van der Waals surface area (Å²) in [6.45, 7) is 9.70. The normalized spacial score (nSPS) is 17.1. The van der Waals surface area contributed by atoms with E-state index in [1.165, 1.54) is 24.3 Å². The summed E-state index contributed by atoms with van der Waals surface area (Å²) in [5.41, 5.74) is 0.945. The molecule has 0 unspecified atom stereocenters. The van der Waals surface area contributed by atoms with Gasteiger partial charge in [0.25, 0.3) is 0 Å². The summed E-state index contributed by atoms with van der Waals surface area (Å²) in [5, 5.41) is 1.02. The second-order valence-electron chi connectivity index (χ2n) is 4.61. The summed E-state index contributed by atoms with van der Waals surface area (Å²) in [6, 6.07) is 0. The first-order valence-electron chi connectivity index (χ1n) is 6.70. The Labute approximate surface area is 113 Å². The van der Waals surface area contributed by atoms with Gasteiger partial charge in [-0.25, -0.2) is 4.98 Å². The lowest BCUT2D eigenvalue weighted by molar-refractivity contribution is 0.112. The number of carbonyl (C=O) groups is 1. The smallest absolute Gasteiger partial charge is 0.186 e. The number of hydrogen-bond acceptors (Lipinski definition) is 5. The van der Waals surface area contributed by atoms with Crippen LogP contribution in [0.25, 0.3) is 0 Å². The second kappa shape index (κ2) is 6.29. The Bertz CT molecular complexity index is 397. The Morgan fingerprint density at radius 2 is 2.00 bits per heavy atom. The molecule has 0 atom stereocenters. The molecule has 1 aromatic heterocycles. The Morgan fingerprint density at radius 3 is 2.50 bits per heavy atom. The van der Waals surface area contributed by atoms with Crippen molar-refractivity contribution in [3.05, 3.63) is 10.6 Å². The average Bonchev–Trinajstić information content (AvgIpc) is 2.83. The highest BCUT2D eigenvalue weighted by atomic mass is 32.1. The van der Waals surface area contributed by atoms with E-state index in [0.29, 0.717) is 0 Å². The van der Waals surface area contributed by atoms with Gasteiger partial charge in [0.2, 0.25) is 0 Å². The number of nitrogens with zero attached hydrogens (tertiary/aromatic N) is 3. The van der Waals surface area contributed by atoms with Crippen molar-refractivity contribution in [2.75, 3.05) is 37.6 Å². The number of carbonyl (C=O) groups excluding carboxylic acids is 1. The SMILES string of the molecule is CCCN1CCN(c2nc(CC)c(C=O)s2)CC1. The minimum Gasteiger partial charge on any atom is -0.346 e. The third-order valence-corrected chi connectivity index (χ3v) is 4.42. The van der Waals surface area contributed by atoms with Crippen molar-refractivity contribution < 1.29 is 4.79 Å². The van der Waals surface area contributed by atoms with E-state index in [9.17, 15) is 4.79 Å². The molecule has 1 aliphatic heterocycles. The van der Waals surface area contributed by atoms with E-state index in [1.807, 2.05) is 6.92 Å². The van der Waals surface area contributed by atoms with Gasteiger partial charge < -0.3 is 4.90 Å². The van der Waals surface area contributed by atoms with Crippen molar-refractivity contribution in [2.24, 2.45) is 0 Å². The Morgan fingerprint density at radius 1 is 1.28 bits per heavy atom. The van der Waals surface area contributed by atoms with E-state index in [2.05, 4.69) is 21.7 Å². The first-order valence-corrected chi connectivity index (χ1v) is 7.52. The van der Waals surface area contributed by atoms with Gasteiger partial charge in [0, 0.05) is 26.2 Å². The number of aldehydes is 1. The zero-order chi connectivity index (χ0) is 13.0. The maximum absolute atomic E-state index is 11.0. The minimum absolute atomic E-state index is 0.795. The van der Waals surface area contributed by atoms with Crippen LogP contribution in [-0.4, -0.2) is 48.9 Å². The molecule has 100 valence electrons. The van der Waals surface area contributed by atoms with Crippen molar-refractivity contribution in [1.82, 2.24) is 9.88 Å². The first-order chi connectivity index (χ1) is 8.78. The average molecular weight is 267 g/mol. The Balaban J connectivity index is 2.00. The second-order valence-corrected chi connectivity index (χ2v) is 5.62. The van der Waals surface area contributed by atoms with E-state index in [4.69, 9.17) is 0 Å². The van der Waals surface area contributed by atoms with Gasteiger partial charge in [-0.05, 0) is 19.4 Å². The third kappa shape index (κ3) is 2.90. The molecule has 0 spiro atoms. The van der Waals surface area contributed by atoms with Crippen LogP contribution in [0.5, 0.6) is 0 Å². The van der Waals surface area contributed by atoms with E-state index in [0.717, 1.165) is 54.6 Å². The molecule has 0 amide bonds. The van der Waals surface area contributed by atoms with Crippen molar-refractivity contribution in [2.45, 2.75) is 26.7 Å². The molecule has 1 saturated heterocycles. The fourth-order valence-electron chi connectivity index (χ4n) is 2.31. The number of thiazole rings is 1. The molecule has 18 heavy (non-hydrogen) atoms. The highest BCUT2D eigenvalue weighted by molar-refractivity contribution is 7.17. The monoisotopic (exact) mass is 267 g/mol. The van der Waals surface area contributed by atoms with Crippen molar-refractivity contribution in [3.63, 3.8) is 0 Å². The predicted octanol–water partition coefficient (Wildman–Crippen LogP) is 2.05. The maximum atomic E-state index is 11.0. The third-order valence-electron chi connectivity index (χ3n) is 3.34. The van der Waals surface area contributed by atoms with Gasteiger partial charge >= 0.3 is 0 Å². The van der Waals surface area contributed by atoms with E-state index in [1.54, 1.807) is 0 Å². The van der Waals surface area contributed by atoms with Gasteiger partial charge in [0.1, 0.15) is 0 Å². The maximum Gasteiger partial charge on any atom is 0.186 e. The van der Waals surface area contributed by atoms with Crippen LogP contribution in [0.15, 0.2) is 0 Å². The van der Waals surface area contributed by atoms with Gasteiger partial charge in [-0.1, -0.05) is 25.2 Å². The van der Waals surface area contributed by atoms with Gasteiger partial charge in [0.05, 0.1) is 10.6 Å². The Hall–Kier alpha value is -0.940. The van der Waals surface area contributed by atoms with Crippen molar-refractivity contribution in [3.8, 4) is 0 Å². The topological polar surface area (TPSA) is 36.4 Å². The molecular formula is C13H21N3OS. The zero-order valence-electron chi connectivity index (χ0n) is 11.2. The van der Waals surface area contributed by atoms with Crippen LogP contribution < -0.4 is 4.90 Å². The van der Waals surface area contributed by atoms with Crippen molar-refractivity contribution >= 4 is 22.8 Å². The quantitative estimate of drug-likeness (QED) is 0.765. The van der Waals surface area contributed by atoms with E-state index < -0.39 is 0 Å². The lowest BCUT2D eigenvalue weighted by Crippen LogP contribution is -2.46. The van der Waals surface area contributed by atoms with Crippen LogP contribution >= 0.6 is 11.3 Å². The summed E-state index contributed by atoms with van der Waals surface area (Å²) >= 11 is 1.53. The summed E-state index contributed by atoms with van der Waals surface area (Å²) in [6.07, 6.45) is 2.99. The molecule has 0 aromatic carbocycles. The summed E-state index contributed by atoms with van der Waals surface area (Å²) in [5.74, 6) is 0. The summed E-state index contributed by atoms with van der Waals surface area (Å²) < 4.78 is 0. The van der Waals surface area contributed by atoms with Gasteiger partial charge in [-0.3, -0.25) is 9.69 Å². The number of aryl methyl sites for hydroxylation is 1. The summed E-state index contributed by atoms with van der Waals surface area (Å²) in [4.78, 5) is 21.1. The summed E-state index contributed by atoms with van der Waals surface area (Å²) in [7, 11) is 0. The lowest BCUT2D eigenvalue weighted by Gasteiger charge is -2.34. The number of piperazine rings is 1. The lowest BCUT2D eigenvalue weighted by atomic mass is 10.3.